The SMILES string of the molecule is NCCC#Cc1ccc(C(F)(F)F)c([N+](=O)[O-])c1. The second-order valence-electron chi connectivity index (χ2n) is 3.33. The Morgan fingerprint density at radius 1 is 1.39 bits per heavy atom. The summed E-state index contributed by atoms with van der Waals surface area (Å²) in [6.45, 7) is 0.315. The number of halogens is 3. The number of alkyl halides is 3. The smallest absolute Gasteiger partial charge is 0.330 e. The van der Waals surface area contributed by atoms with Crippen molar-refractivity contribution < 1.29 is 18.1 Å². The summed E-state index contributed by atoms with van der Waals surface area (Å²) >= 11 is 0. The molecule has 1 rings (SSSR count). The molecular formula is C11H9F3N2O2. The lowest BCUT2D eigenvalue weighted by atomic mass is 10.1. The summed E-state index contributed by atoms with van der Waals surface area (Å²) in [6, 6.07) is 2.57. The van der Waals surface area contributed by atoms with E-state index in [9.17, 15) is 23.3 Å². The molecule has 0 aliphatic rings. The molecule has 0 atom stereocenters. The Morgan fingerprint density at radius 3 is 2.56 bits per heavy atom. The zero-order valence-corrected chi connectivity index (χ0v) is 9.12. The fraction of sp³-hybridized carbons (Fsp3) is 0.273. The molecule has 0 saturated carbocycles. The molecule has 96 valence electrons. The molecular weight excluding hydrogens is 249 g/mol. The van der Waals surface area contributed by atoms with E-state index in [1.54, 1.807) is 0 Å². The van der Waals surface area contributed by atoms with Crippen molar-refractivity contribution in [2.45, 2.75) is 12.6 Å². The predicted octanol–water partition coefficient (Wildman–Crippen LogP) is 2.31. The number of nitro groups is 1. The van der Waals surface area contributed by atoms with Crippen LogP contribution in [0.2, 0.25) is 0 Å². The van der Waals surface area contributed by atoms with E-state index in [1.807, 2.05) is 0 Å². The van der Waals surface area contributed by atoms with Crippen LogP contribution < -0.4 is 5.73 Å². The van der Waals surface area contributed by atoms with Gasteiger partial charge in [0, 0.05) is 24.6 Å². The van der Waals surface area contributed by atoms with Crippen molar-refractivity contribution in [1.29, 1.82) is 0 Å². The van der Waals surface area contributed by atoms with E-state index in [4.69, 9.17) is 5.73 Å². The number of benzene rings is 1. The van der Waals surface area contributed by atoms with Crippen LogP contribution >= 0.6 is 0 Å². The van der Waals surface area contributed by atoms with E-state index in [0.29, 0.717) is 19.0 Å². The number of rotatable bonds is 2. The lowest BCUT2D eigenvalue weighted by Gasteiger charge is -2.07. The third kappa shape index (κ3) is 3.46. The third-order valence-corrected chi connectivity index (χ3v) is 2.00. The maximum Gasteiger partial charge on any atom is 0.422 e. The summed E-state index contributed by atoms with van der Waals surface area (Å²) < 4.78 is 37.5. The Kier molecular flexibility index (Phi) is 4.28. The van der Waals surface area contributed by atoms with Gasteiger partial charge in [0.2, 0.25) is 0 Å². The number of nitrogens with zero attached hydrogens (tertiary/aromatic N) is 1. The van der Waals surface area contributed by atoms with Gasteiger partial charge in [-0.05, 0) is 12.1 Å². The first-order chi connectivity index (χ1) is 8.36. The van der Waals surface area contributed by atoms with Gasteiger partial charge in [0.25, 0.3) is 5.69 Å². The van der Waals surface area contributed by atoms with E-state index in [2.05, 4.69) is 11.8 Å². The summed E-state index contributed by atoms with van der Waals surface area (Å²) in [7, 11) is 0. The van der Waals surface area contributed by atoms with Crippen LogP contribution in [0.25, 0.3) is 0 Å². The summed E-state index contributed by atoms with van der Waals surface area (Å²) in [4.78, 5) is 9.52. The van der Waals surface area contributed by atoms with Gasteiger partial charge in [0.15, 0.2) is 0 Å². The Balaban J connectivity index is 3.21. The number of hydrogen-bond donors (Lipinski definition) is 1. The second-order valence-corrected chi connectivity index (χ2v) is 3.33. The first-order valence-corrected chi connectivity index (χ1v) is 4.91. The van der Waals surface area contributed by atoms with Gasteiger partial charge in [0.1, 0.15) is 5.56 Å². The molecule has 0 bridgehead atoms. The summed E-state index contributed by atoms with van der Waals surface area (Å²) in [5, 5.41) is 10.6. The average molecular weight is 258 g/mol. The maximum absolute atomic E-state index is 12.5. The number of hydrogen-bond acceptors (Lipinski definition) is 3. The largest absolute Gasteiger partial charge is 0.422 e. The van der Waals surface area contributed by atoms with Crippen LogP contribution in [0.1, 0.15) is 17.5 Å². The van der Waals surface area contributed by atoms with E-state index >= 15 is 0 Å². The van der Waals surface area contributed by atoms with Crippen molar-refractivity contribution in [2.75, 3.05) is 6.54 Å². The van der Waals surface area contributed by atoms with E-state index in [-0.39, 0.29) is 5.56 Å². The van der Waals surface area contributed by atoms with Crippen LogP contribution in [0.3, 0.4) is 0 Å². The Hall–Kier alpha value is -2.07. The summed E-state index contributed by atoms with van der Waals surface area (Å²) in [5.41, 5.74) is 3.07. The molecule has 0 saturated heterocycles. The molecule has 0 heterocycles. The van der Waals surface area contributed by atoms with E-state index in [1.165, 1.54) is 0 Å². The molecule has 2 N–H and O–H groups in total. The highest BCUT2D eigenvalue weighted by Crippen LogP contribution is 2.36. The molecule has 0 unspecified atom stereocenters. The topological polar surface area (TPSA) is 69.2 Å². The van der Waals surface area contributed by atoms with Gasteiger partial charge >= 0.3 is 6.18 Å². The monoisotopic (exact) mass is 258 g/mol. The van der Waals surface area contributed by atoms with Crippen LogP contribution in [0, 0.1) is 22.0 Å². The van der Waals surface area contributed by atoms with Crippen molar-refractivity contribution in [2.24, 2.45) is 5.73 Å². The minimum Gasteiger partial charge on any atom is -0.330 e. The quantitative estimate of drug-likeness (QED) is 0.502. The molecule has 0 spiro atoms. The van der Waals surface area contributed by atoms with E-state index in [0.717, 1.165) is 12.1 Å². The summed E-state index contributed by atoms with van der Waals surface area (Å²) in [6.07, 6.45) is -4.39. The third-order valence-electron chi connectivity index (χ3n) is 2.00. The van der Waals surface area contributed by atoms with Gasteiger partial charge < -0.3 is 5.73 Å². The highest BCUT2D eigenvalue weighted by atomic mass is 19.4. The summed E-state index contributed by atoms with van der Waals surface area (Å²) in [5.74, 6) is 5.11. The van der Waals surface area contributed by atoms with Crippen molar-refractivity contribution >= 4 is 5.69 Å². The van der Waals surface area contributed by atoms with Crippen LogP contribution in [0.4, 0.5) is 18.9 Å². The highest BCUT2D eigenvalue weighted by Gasteiger charge is 2.38. The van der Waals surface area contributed by atoms with Crippen molar-refractivity contribution in [3.05, 3.63) is 39.4 Å². The lowest BCUT2D eigenvalue weighted by molar-refractivity contribution is -0.388. The van der Waals surface area contributed by atoms with Crippen LogP contribution in [0.5, 0.6) is 0 Å². The van der Waals surface area contributed by atoms with Gasteiger partial charge in [0.05, 0.1) is 4.92 Å². The minimum absolute atomic E-state index is 0.156. The lowest BCUT2D eigenvalue weighted by Crippen LogP contribution is -2.08. The molecule has 0 aliphatic carbocycles. The zero-order chi connectivity index (χ0) is 13.8. The van der Waals surface area contributed by atoms with Crippen LogP contribution in [-0.4, -0.2) is 11.5 Å². The first kappa shape index (κ1) is 14.0. The van der Waals surface area contributed by atoms with Crippen molar-refractivity contribution in [3.8, 4) is 11.8 Å². The molecule has 0 fully saturated rings. The normalized spacial score (nSPS) is 10.7. The highest BCUT2D eigenvalue weighted by molar-refractivity contribution is 5.50. The first-order valence-electron chi connectivity index (χ1n) is 4.91. The molecule has 0 amide bonds. The number of nitro benzene ring substituents is 1. The maximum atomic E-state index is 12.5. The van der Waals surface area contributed by atoms with Gasteiger partial charge in [-0.1, -0.05) is 11.8 Å². The fourth-order valence-corrected chi connectivity index (χ4v) is 1.24. The van der Waals surface area contributed by atoms with Gasteiger partial charge in [-0.15, -0.1) is 0 Å². The number of nitrogens with two attached hydrogens (primary N) is 1. The molecule has 0 aromatic heterocycles. The van der Waals surface area contributed by atoms with Crippen molar-refractivity contribution in [3.63, 3.8) is 0 Å². The molecule has 1 aromatic carbocycles. The molecule has 0 aliphatic heterocycles. The Bertz CT molecular complexity index is 515. The standard InChI is InChI=1S/C11H9F3N2O2/c12-11(13,14)9-5-4-8(3-1-2-6-15)7-10(9)16(17)18/h4-5,7H,2,6,15H2. The van der Waals surface area contributed by atoms with Crippen LogP contribution in [0.15, 0.2) is 18.2 Å². The molecule has 1 aromatic rings. The van der Waals surface area contributed by atoms with Crippen LogP contribution in [-0.2, 0) is 6.18 Å². The van der Waals surface area contributed by atoms with Crippen molar-refractivity contribution in [1.82, 2.24) is 0 Å². The second kappa shape index (κ2) is 5.51. The predicted molar refractivity (Wildman–Crippen MR) is 58.6 cm³/mol. The minimum atomic E-state index is -4.76. The van der Waals surface area contributed by atoms with Gasteiger partial charge in [-0.2, -0.15) is 13.2 Å². The van der Waals surface area contributed by atoms with E-state index < -0.39 is 22.4 Å². The fourth-order valence-electron chi connectivity index (χ4n) is 1.24. The Morgan fingerprint density at radius 2 is 2.06 bits per heavy atom. The zero-order valence-electron chi connectivity index (χ0n) is 9.12. The average Bonchev–Trinajstić information content (AvgIpc) is 2.27. The molecule has 4 nitrogen and oxygen atoms in total. The molecule has 18 heavy (non-hydrogen) atoms. The Labute approximate surface area is 101 Å². The molecule has 0 radical (unpaired) electrons. The van der Waals surface area contributed by atoms with Gasteiger partial charge in [-0.25, -0.2) is 0 Å². The molecule has 7 heteroatoms. The van der Waals surface area contributed by atoms with Gasteiger partial charge in [-0.3, -0.25) is 10.1 Å².